The van der Waals surface area contributed by atoms with E-state index in [-0.39, 0.29) is 17.1 Å². The minimum absolute atomic E-state index is 0.0136. The van der Waals surface area contributed by atoms with Crippen LogP contribution in [-0.2, 0) is 4.74 Å². The lowest BCUT2D eigenvalue weighted by atomic mass is 9.93. The maximum atomic E-state index is 6.33. The molecule has 0 aliphatic heterocycles. The fourth-order valence-corrected chi connectivity index (χ4v) is 2.16. The molecule has 1 unspecified atom stereocenters. The maximum Gasteiger partial charge on any atom is 0.0963 e. The zero-order valence-corrected chi connectivity index (χ0v) is 15.1. The summed E-state index contributed by atoms with van der Waals surface area (Å²) in [5.74, 6) is 0. The number of ether oxygens (including phenoxy) is 1. The Hall–Kier alpha value is -0.570. The topological polar surface area (TPSA) is 21.3 Å². The van der Waals surface area contributed by atoms with Crippen molar-refractivity contribution in [1.29, 1.82) is 0 Å². The van der Waals surface area contributed by atoms with E-state index in [1.807, 2.05) is 18.2 Å². The lowest BCUT2D eigenvalue weighted by Gasteiger charge is -2.27. The van der Waals surface area contributed by atoms with E-state index in [2.05, 4.69) is 52.9 Å². The van der Waals surface area contributed by atoms with Gasteiger partial charge in [-0.2, -0.15) is 0 Å². The van der Waals surface area contributed by atoms with Crippen LogP contribution in [0.4, 0.5) is 0 Å². The van der Waals surface area contributed by atoms with Crippen LogP contribution in [0.15, 0.2) is 24.3 Å². The van der Waals surface area contributed by atoms with E-state index in [0.29, 0.717) is 0 Å². The van der Waals surface area contributed by atoms with Crippen molar-refractivity contribution in [1.82, 2.24) is 5.32 Å². The highest BCUT2D eigenvalue weighted by atomic mass is 35.5. The number of halogens is 1. The summed E-state index contributed by atoms with van der Waals surface area (Å²) in [4.78, 5) is 0. The molecule has 0 fully saturated rings. The number of nitrogens with one attached hydrogen (secondary N) is 1. The summed E-state index contributed by atoms with van der Waals surface area (Å²) in [5.41, 5.74) is 1.40. The van der Waals surface area contributed by atoms with E-state index in [1.165, 1.54) is 0 Å². The molecule has 1 rings (SSSR count). The van der Waals surface area contributed by atoms with Gasteiger partial charge in [-0.05, 0) is 38.7 Å². The molecular weight excluding hydrogens is 282 g/mol. The molecule has 1 aromatic carbocycles. The zero-order valence-electron chi connectivity index (χ0n) is 14.3. The van der Waals surface area contributed by atoms with Gasteiger partial charge in [0.1, 0.15) is 0 Å². The van der Waals surface area contributed by atoms with Gasteiger partial charge in [0.15, 0.2) is 0 Å². The molecule has 0 amide bonds. The predicted molar refractivity (Wildman–Crippen MR) is 92.0 cm³/mol. The fourth-order valence-electron chi connectivity index (χ4n) is 1.90. The smallest absolute Gasteiger partial charge is 0.0963 e. The van der Waals surface area contributed by atoms with Crippen molar-refractivity contribution in [3.05, 3.63) is 34.9 Å². The van der Waals surface area contributed by atoms with Crippen LogP contribution in [0, 0.1) is 5.41 Å². The second-order valence-corrected chi connectivity index (χ2v) is 8.23. The minimum atomic E-state index is -0.0136. The molecule has 1 aromatic rings. The van der Waals surface area contributed by atoms with Gasteiger partial charge in [0.25, 0.3) is 0 Å². The molecule has 3 heteroatoms. The molecule has 0 heterocycles. The average Bonchev–Trinajstić information content (AvgIpc) is 2.32. The molecule has 21 heavy (non-hydrogen) atoms. The summed E-state index contributed by atoms with van der Waals surface area (Å²) in [5, 5.41) is 4.28. The van der Waals surface area contributed by atoms with Crippen molar-refractivity contribution >= 4 is 11.6 Å². The molecule has 1 atom stereocenters. The van der Waals surface area contributed by atoms with Gasteiger partial charge in [-0.1, -0.05) is 50.6 Å². The Bertz CT molecular complexity index is 432. The first kappa shape index (κ1) is 18.5. The van der Waals surface area contributed by atoms with Crippen LogP contribution in [0.25, 0.3) is 0 Å². The van der Waals surface area contributed by atoms with Gasteiger partial charge in [0.05, 0.1) is 6.10 Å². The lowest BCUT2D eigenvalue weighted by Crippen LogP contribution is -2.39. The third kappa shape index (κ3) is 7.85. The quantitative estimate of drug-likeness (QED) is 0.777. The Morgan fingerprint density at radius 3 is 2.24 bits per heavy atom. The summed E-state index contributed by atoms with van der Waals surface area (Å²) in [6.45, 7) is 14.7. The van der Waals surface area contributed by atoms with Crippen molar-refractivity contribution in [3.63, 3.8) is 0 Å². The fraction of sp³-hybridized carbons (Fsp3) is 0.667. The van der Waals surface area contributed by atoms with Crippen molar-refractivity contribution in [2.45, 2.75) is 59.6 Å². The first-order chi connectivity index (χ1) is 9.58. The number of rotatable bonds is 6. The Kier molecular flexibility index (Phi) is 6.71. The van der Waals surface area contributed by atoms with E-state index in [0.717, 1.165) is 30.2 Å². The maximum absolute atomic E-state index is 6.33. The minimum Gasteiger partial charge on any atom is -0.372 e. The molecule has 1 N–H and O–H groups in total. The molecule has 0 saturated heterocycles. The summed E-state index contributed by atoms with van der Waals surface area (Å²) in [6.07, 6.45) is 1.02. The van der Waals surface area contributed by atoms with E-state index < -0.39 is 0 Å². The predicted octanol–water partition coefficient (Wildman–Crippen LogP) is 5.22. The van der Waals surface area contributed by atoms with E-state index in [4.69, 9.17) is 16.3 Å². The van der Waals surface area contributed by atoms with Crippen LogP contribution in [0.5, 0.6) is 0 Å². The molecular formula is C18H30ClNO. The normalized spacial score (nSPS) is 14.2. The van der Waals surface area contributed by atoms with Crippen molar-refractivity contribution < 1.29 is 4.74 Å². The molecule has 0 spiro atoms. The van der Waals surface area contributed by atoms with Crippen LogP contribution in [-0.4, -0.2) is 18.7 Å². The van der Waals surface area contributed by atoms with Gasteiger partial charge < -0.3 is 10.1 Å². The van der Waals surface area contributed by atoms with Gasteiger partial charge in [0, 0.05) is 29.3 Å². The number of hydrogen-bond acceptors (Lipinski definition) is 2. The summed E-state index contributed by atoms with van der Waals surface area (Å²) in [7, 11) is 0. The highest BCUT2D eigenvalue weighted by molar-refractivity contribution is 6.31. The Labute approximate surface area is 135 Å². The molecule has 0 bridgehead atoms. The first-order valence-electron chi connectivity index (χ1n) is 7.69. The number of hydrogen-bond donors (Lipinski definition) is 1. The van der Waals surface area contributed by atoms with Gasteiger partial charge in [-0.15, -0.1) is 0 Å². The second kappa shape index (κ2) is 7.62. The molecule has 0 aromatic heterocycles. The Balaban J connectivity index is 2.73. The van der Waals surface area contributed by atoms with Crippen molar-refractivity contribution in [2.75, 3.05) is 13.2 Å². The standard InChI is InChI=1S/C18H30ClNO/c1-17(2,3)11-12-21-16(13-20-18(4,5)6)14-9-7-8-10-15(14)19/h7-10,16,20H,11-13H2,1-6H3. The molecule has 2 nitrogen and oxygen atoms in total. The largest absolute Gasteiger partial charge is 0.372 e. The summed E-state index contributed by atoms with van der Waals surface area (Å²) in [6, 6.07) is 7.94. The summed E-state index contributed by atoms with van der Waals surface area (Å²) < 4.78 is 6.13. The third-order valence-electron chi connectivity index (χ3n) is 3.24. The molecule has 120 valence electrons. The molecule has 0 aliphatic carbocycles. The molecule has 0 radical (unpaired) electrons. The van der Waals surface area contributed by atoms with Crippen LogP contribution < -0.4 is 5.32 Å². The van der Waals surface area contributed by atoms with Crippen LogP contribution >= 0.6 is 11.6 Å². The lowest BCUT2D eigenvalue weighted by molar-refractivity contribution is 0.0334. The highest BCUT2D eigenvalue weighted by Gasteiger charge is 2.19. The molecule has 0 saturated carbocycles. The van der Waals surface area contributed by atoms with Crippen molar-refractivity contribution in [3.8, 4) is 0 Å². The van der Waals surface area contributed by atoms with Gasteiger partial charge in [0.2, 0.25) is 0 Å². The summed E-state index contributed by atoms with van der Waals surface area (Å²) >= 11 is 6.33. The van der Waals surface area contributed by atoms with E-state index >= 15 is 0 Å². The Morgan fingerprint density at radius 1 is 1.10 bits per heavy atom. The Morgan fingerprint density at radius 2 is 1.71 bits per heavy atom. The van der Waals surface area contributed by atoms with Gasteiger partial charge in [-0.3, -0.25) is 0 Å². The van der Waals surface area contributed by atoms with Crippen LogP contribution in [0.1, 0.15) is 59.6 Å². The SMILES string of the molecule is CC(C)(C)CCOC(CNC(C)(C)C)c1ccccc1Cl. The average molecular weight is 312 g/mol. The van der Waals surface area contributed by atoms with E-state index in [1.54, 1.807) is 0 Å². The first-order valence-corrected chi connectivity index (χ1v) is 8.07. The monoisotopic (exact) mass is 311 g/mol. The van der Waals surface area contributed by atoms with Gasteiger partial charge in [-0.25, -0.2) is 0 Å². The number of benzene rings is 1. The van der Waals surface area contributed by atoms with Crippen molar-refractivity contribution in [2.24, 2.45) is 5.41 Å². The van der Waals surface area contributed by atoms with Crippen LogP contribution in [0.3, 0.4) is 0 Å². The van der Waals surface area contributed by atoms with E-state index in [9.17, 15) is 0 Å². The third-order valence-corrected chi connectivity index (χ3v) is 3.59. The highest BCUT2D eigenvalue weighted by Crippen LogP contribution is 2.27. The van der Waals surface area contributed by atoms with Gasteiger partial charge >= 0.3 is 0 Å². The van der Waals surface area contributed by atoms with Crippen LogP contribution in [0.2, 0.25) is 5.02 Å². The molecule has 0 aliphatic rings. The second-order valence-electron chi connectivity index (χ2n) is 7.82. The zero-order chi connectivity index (χ0) is 16.1.